The van der Waals surface area contributed by atoms with Gasteiger partial charge in [0.15, 0.2) is 5.17 Å². The second-order valence-corrected chi connectivity index (χ2v) is 6.51. The second kappa shape index (κ2) is 7.61. The third-order valence-electron chi connectivity index (χ3n) is 3.81. The number of carboxylic acids is 1. The number of benzene rings is 1. The van der Waals surface area contributed by atoms with E-state index in [0.29, 0.717) is 34.7 Å². The maximum absolute atomic E-state index is 12.5. The summed E-state index contributed by atoms with van der Waals surface area (Å²) in [6.07, 6.45) is 1.71. The van der Waals surface area contributed by atoms with Crippen LogP contribution in [0, 0.1) is 0 Å². The molecule has 0 aliphatic carbocycles. The van der Waals surface area contributed by atoms with E-state index in [4.69, 9.17) is 9.52 Å². The molecule has 0 saturated carbocycles. The molecule has 134 valence electrons. The molecule has 1 amide bonds. The zero-order chi connectivity index (χ0) is 18.7. The highest BCUT2D eigenvalue weighted by atomic mass is 32.2. The number of aromatic carboxylic acids is 1. The van der Waals surface area contributed by atoms with Gasteiger partial charge in [0.2, 0.25) is 0 Å². The molecule has 1 aromatic carbocycles. The normalized spacial score (nSPS) is 17.5. The van der Waals surface area contributed by atoms with Crippen molar-refractivity contribution in [3.8, 4) is 11.3 Å². The fourth-order valence-electron chi connectivity index (χ4n) is 2.53. The molecule has 2 aromatic rings. The quantitative estimate of drug-likeness (QED) is 0.806. The molecule has 1 fully saturated rings. The van der Waals surface area contributed by atoms with Crippen LogP contribution in [0.15, 0.2) is 50.7 Å². The Morgan fingerprint density at radius 3 is 2.58 bits per heavy atom. The lowest BCUT2D eigenvalue weighted by molar-refractivity contribution is -0.122. The molecular formula is C19H18N2O4S. The monoisotopic (exact) mass is 370 g/mol. The van der Waals surface area contributed by atoms with Crippen molar-refractivity contribution in [2.75, 3.05) is 13.1 Å². The number of furan rings is 1. The van der Waals surface area contributed by atoms with E-state index in [1.165, 1.54) is 23.9 Å². The molecule has 1 aromatic heterocycles. The van der Waals surface area contributed by atoms with E-state index in [-0.39, 0.29) is 11.5 Å². The van der Waals surface area contributed by atoms with Crippen molar-refractivity contribution in [2.24, 2.45) is 4.99 Å². The lowest BCUT2D eigenvalue weighted by atomic mass is 10.1. The minimum atomic E-state index is -0.969. The molecule has 0 spiro atoms. The minimum absolute atomic E-state index is 0.0755. The number of carbonyl (C=O) groups is 2. The Morgan fingerprint density at radius 1 is 1.23 bits per heavy atom. The highest BCUT2D eigenvalue weighted by Gasteiger charge is 2.32. The molecule has 1 aliphatic rings. The lowest BCUT2D eigenvalue weighted by Gasteiger charge is -2.11. The summed E-state index contributed by atoms with van der Waals surface area (Å²) in [4.78, 5) is 30.0. The van der Waals surface area contributed by atoms with E-state index in [1.54, 1.807) is 35.2 Å². The Kier molecular flexibility index (Phi) is 5.27. The van der Waals surface area contributed by atoms with E-state index >= 15 is 0 Å². The van der Waals surface area contributed by atoms with E-state index in [9.17, 15) is 9.59 Å². The average molecular weight is 370 g/mol. The minimum Gasteiger partial charge on any atom is -0.478 e. The number of carbonyl (C=O) groups excluding carboxylic acids is 1. The third-order valence-corrected chi connectivity index (χ3v) is 4.86. The predicted octanol–water partition coefficient (Wildman–Crippen LogP) is 3.96. The zero-order valence-corrected chi connectivity index (χ0v) is 15.2. The molecule has 1 aliphatic heterocycles. The molecule has 0 atom stereocenters. The number of likely N-dealkylation sites (N-methyl/N-ethyl adjacent to an activating group) is 1. The topological polar surface area (TPSA) is 83.1 Å². The first kappa shape index (κ1) is 18.0. The zero-order valence-electron chi connectivity index (χ0n) is 14.4. The SMILES string of the molecule is CCN=C1S/C(=C/c2ccc(-c3ccc(C(=O)O)cc3)o2)C(=O)N1CC. The van der Waals surface area contributed by atoms with Crippen LogP contribution < -0.4 is 0 Å². The van der Waals surface area contributed by atoms with Gasteiger partial charge in [-0.3, -0.25) is 14.7 Å². The van der Waals surface area contributed by atoms with Gasteiger partial charge in [-0.1, -0.05) is 12.1 Å². The van der Waals surface area contributed by atoms with Crippen molar-refractivity contribution in [3.63, 3.8) is 0 Å². The number of hydrogen-bond acceptors (Lipinski definition) is 5. The Morgan fingerprint density at radius 2 is 1.96 bits per heavy atom. The summed E-state index contributed by atoms with van der Waals surface area (Å²) in [6, 6.07) is 10.0. The molecular weight excluding hydrogens is 352 g/mol. The number of carboxylic acid groups (broad SMARTS) is 1. The van der Waals surface area contributed by atoms with E-state index in [0.717, 1.165) is 5.56 Å². The fraction of sp³-hybridized carbons (Fsp3) is 0.211. The van der Waals surface area contributed by atoms with Gasteiger partial charge in [0, 0.05) is 24.7 Å². The van der Waals surface area contributed by atoms with Crippen molar-refractivity contribution in [1.82, 2.24) is 4.90 Å². The van der Waals surface area contributed by atoms with Gasteiger partial charge in [0.05, 0.1) is 10.5 Å². The number of nitrogens with zero attached hydrogens (tertiary/aromatic N) is 2. The molecule has 7 heteroatoms. The average Bonchev–Trinajstić information content (AvgIpc) is 3.21. The Bertz CT molecular complexity index is 897. The number of aliphatic imine (C=N–C) groups is 1. The van der Waals surface area contributed by atoms with Crippen molar-refractivity contribution in [1.29, 1.82) is 0 Å². The van der Waals surface area contributed by atoms with Crippen LogP contribution in [0.2, 0.25) is 0 Å². The highest BCUT2D eigenvalue weighted by Crippen LogP contribution is 2.33. The van der Waals surface area contributed by atoms with E-state index in [2.05, 4.69) is 4.99 Å². The van der Waals surface area contributed by atoms with Crippen LogP contribution in [0.1, 0.15) is 30.0 Å². The molecule has 0 bridgehead atoms. The Labute approximate surface area is 155 Å². The number of hydrogen-bond donors (Lipinski definition) is 1. The summed E-state index contributed by atoms with van der Waals surface area (Å²) in [5.41, 5.74) is 0.992. The Hall–Kier alpha value is -2.80. The summed E-state index contributed by atoms with van der Waals surface area (Å²) in [5.74, 6) is 0.127. The number of rotatable bonds is 5. The first-order valence-electron chi connectivity index (χ1n) is 8.23. The number of amides is 1. The van der Waals surface area contributed by atoms with Gasteiger partial charge in [0.25, 0.3) is 5.91 Å². The predicted molar refractivity (Wildman–Crippen MR) is 102 cm³/mol. The standard InChI is InChI=1S/C19H18N2O4S/c1-3-20-19-21(4-2)17(22)16(26-19)11-14-9-10-15(25-14)12-5-7-13(8-6-12)18(23)24/h5-11H,3-4H2,1-2H3,(H,23,24)/b16-11+,20-19?. The van der Waals surface area contributed by atoms with E-state index < -0.39 is 5.97 Å². The molecule has 0 unspecified atom stereocenters. The van der Waals surface area contributed by atoms with Gasteiger partial charge in [-0.15, -0.1) is 0 Å². The van der Waals surface area contributed by atoms with Crippen molar-refractivity contribution >= 4 is 34.9 Å². The van der Waals surface area contributed by atoms with Crippen LogP contribution in [0.5, 0.6) is 0 Å². The van der Waals surface area contributed by atoms with Crippen molar-refractivity contribution in [2.45, 2.75) is 13.8 Å². The first-order valence-corrected chi connectivity index (χ1v) is 9.04. The van der Waals surface area contributed by atoms with Crippen LogP contribution in [-0.2, 0) is 4.79 Å². The van der Waals surface area contributed by atoms with Crippen molar-refractivity contribution in [3.05, 3.63) is 52.6 Å². The van der Waals surface area contributed by atoms with Gasteiger partial charge in [-0.25, -0.2) is 4.79 Å². The number of thioether (sulfide) groups is 1. The molecule has 1 saturated heterocycles. The van der Waals surface area contributed by atoms with Gasteiger partial charge < -0.3 is 9.52 Å². The summed E-state index contributed by atoms with van der Waals surface area (Å²) >= 11 is 1.34. The van der Waals surface area contributed by atoms with Crippen LogP contribution in [-0.4, -0.2) is 40.1 Å². The Balaban J connectivity index is 1.84. The largest absolute Gasteiger partial charge is 0.478 e. The van der Waals surface area contributed by atoms with Gasteiger partial charge in [-0.05, 0) is 49.9 Å². The first-order chi connectivity index (χ1) is 12.5. The maximum atomic E-state index is 12.5. The van der Waals surface area contributed by atoms with Gasteiger partial charge in [-0.2, -0.15) is 0 Å². The van der Waals surface area contributed by atoms with Gasteiger partial charge in [0.1, 0.15) is 11.5 Å². The third kappa shape index (κ3) is 3.57. The number of amidine groups is 1. The molecule has 3 rings (SSSR count). The molecule has 0 radical (unpaired) electrons. The maximum Gasteiger partial charge on any atom is 0.335 e. The van der Waals surface area contributed by atoms with E-state index in [1.807, 2.05) is 13.8 Å². The van der Waals surface area contributed by atoms with Crippen LogP contribution in [0.4, 0.5) is 0 Å². The summed E-state index contributed by atoms with van der Waals surface area (Å²) < 4.78 is 5.80. The van der Waals surface area contributed by atoms with Gasteiger partial charge >= 0.3 is 5.97 Å². The second-order valence-electron chi connectivity index (χ2n) is 5.50. The van der Waals surface area contributed by atoms with Crippen LogP contribution >= 0.6 is 11.8 Å². The molecule has 2 heterocycles. The molecule has 6 nitrogen and oxygen atoms in total. The molecule has 26 heavy (non-hydrogen) atoms. The van der Waals surface area contributed by atoms with Crippen molar-refractivity contribution < 1.29 is 19.1 Å². The highest BCUT2D eigenvalue weighted by molar-refractivity contribution is 8.18. The summed E-state index contributed by atoms with van der Waals surface area (Å²) in [6.45, 7) is 5.04. The summed E-state index contributed by atoms with van der Waals surface area (Å²) in [7, 11) is 0. The van der Waals surface area contributed by atoms with Crippen LogP contribution in [0.3, 0.4) is 0 Å². The van der Waals surface area contributed by atoms with Crippen LogP contribution in [0.25, 0.3) is 17.4 Å². The summed E-state index contributed by atoms with van der Waals surface area (Å²) in [5, 5.41) is 9.67. The fourth-order valence-corrected chi connectivity index (χ4v) is 3.62. The lowest BCUT2D eigenvalue weighted by Crippen LogP contribution is -2.28. The smallest absolute Gasteiger partial charge is 0.335 e. The molecule has 1 N–H and O–H groups in total.